The molecule has 0 saturated heterocycles. The van der Waals surface area contributed by atoms with Crippen molar-refractivity contribution in [2.45, 2.75) is 13.0 Å². The number of esters is 1. The van der Waals surface area contributed by atoms with Crippen LogP contribution in [0.1, 0.15) is 39.2 Å². The quantitative estimate of drug-likeness (QED) is 0.402. The van der Waals surface area contributed by atoms with Crippen molar-refractivity contribution in [3.63, 3.8) is 0 Å². The Morgan fingerprint density at radius 2 is 1.45 bits per heavy atom. The Morgan fingerprint density at radius 1 is 0.839 bits per heavy atom. The van der Waals surface area contributed by atoms with E-state index in [-0.39, 0.29) is 12.2 Å². The van der Waals surface area contributed by atoms with Gasteiger partial charge in [-0.05, 0) is 36.8 Å². The van der Waals surface area contributed by atoms with Gasteiger partial charge in [0.2, 0.25) is 0 Å². The molecule has 3 aromatic carbocycles. The molecule has 158 valence electrons. The molecule has 0 heterocycles. The van der Waals surface area contributed by atoms with Crippen molar-refractivity contribution in [2.24, 2.45) is 0 Å². The fourth-order valence-electron chi connectivity index (χ4n) is 3.04. The van der Waals surface area contributed by atoms with E-state index < -0.39 is 23.8 Å². The molecule has 0 aliphatic carbocycles. The van der Waals surface area contributed by atoms with Crippen LogP contribution in [0.2, 0.25) is 0 Å². The van der Waals surface area contributed by atoms with E-state index in [0.717, 1.165) is 0 Å². The highest BCUT2D eigenvalue weighted by Crippen LogP contribution is 2.21. The van der Waals surface area contributed by atoms with Crippen molar-refractivity contribution in [1.29, 1.82) is 0 Å². The Kier molecular flexibility index (Phi) is 7.01. The summed E-state index contributed by atoms with van der Waals surface area (Å²) in [5.74, 6) is -1.54. The number of hydrogen-bond donors (Lipinski definition) is 3. The number of nitrogens with two attached hydrogens (primary N) is 1. The summed E-state index contributed by atoms with van der Waals surface area (Å²) in [5.41, 5.74) is 7.59. The van der Waals surface area contributed by atoms with Crippen molar-refractivity contribution in [2.75, 3.05) is 17.7 Å². The lowest BCUT2D eigenvalue weighted by Gasteiger charge is -2.19. The number of anilines is 2. The van der Waals surface area contributed by atoms with Gasteiger partial charge in [-0.15, -0.1) is 0 Å². The fourth-order valence-corrected chi connectivity index (χ4v) is 3.04. The molecule has 0 bridgehead atoms. The molecular formula is C24H23N3O4. The lowest BCUT2D eigenvalue weighted by atomic mass is 10.1. The Hall–Kier alpha value is -4.13. The molecular weight excluding hydrogens is 394 g/mol. The number of hydrogen-bond acceptors (Lipinski definition) is 5. The predicted molar refractivity (Wildman–Crippen MR) is 119 cm³/mol. The normalized spacial score (nSPS) is 11.3. The summed E-state index contributed by atoms with van der Waals surface area (Å²) < 4.78 is 5.12. The van der Waals surface area contributed by atoms with Crippen LogP contribution in [-0.2, 0) is 9.53 Å². The molecule has 0 saturated carbocycles. The van der Waals surface area contributed by atoms with Crippen LogP contribution >= 0.6 is 0 Å². The van der Waals surface area contributed by atoms with E-state index in [1.54, 1.807) is 79.7 Å². The first kappa shape index (κ1) is 21.6. The van der Waals surface area contributed by atoms with E-state index in [4.69, 9.17) is 10.5 Å². The number of carbonyl (C=O) groups excluding carboxylic acids is 3. The number of ether oxygens (including phenoxy) is 1. The van der Waals surface area contributed by atoms with Crippen LogP contribution in [0.3, 0.4) is 0 Å². The molecule has 3 aromatic rings. The third-order valence-electron chi connectivity index (χ3n) is 4.56. The van der Waals surface area contributed by atoms with Gasteiger partial charge in [-0.3, -0.25) is 9.59 Å². The van der Waals surface area contributed by atoms with Crippen LogP contribution in [0, 0.1) is 0 Å². The smallest absolute Gasteiger partial charge is 0.333 e. The van der Waals surface area contributed by atoms with E-state index in [0.29, 0.717) is 22.5 Å². The second-order valence-corrected chi connectivity index (χ2v) is 6.66. The summed E-state index contributed by atoms with van der Waals surface area (Å²) in [7, 11) is 0. The Morgan fingerprint density at radius 3 is 2.13 bits per heavy atom. The minimum absolute atomic E-state index is 0.184. The number of rotatable bonds is 7. The number of amides is 2. The van der Waals surface area contributed by atoms with Gasteiger partial charge in [-0.2, -0.15) is 0 Å². The molecule has 7 heteroatoms. The minimum atomic E-state index is -0.984. The van der Waals surface area contributed by atoms with E-state index in [1.807, 2.05) is 6.07 Å². The van der Waals surface area contributed by atoms with Crippen molar-refractivity contribution < 1.29 is 19.1 Å². The van der Waals surface area contributed by atoms with Crippen molar-refractivity contribution >= 4 is 29.2 Å². The molecule has 1 atom stereocenters. The van der Waals surface area contributed by atoms with E-state index in [2.05, 4.69) is 10.6 Å². The molecule has 3 rings (SSSR count). The summed E-state index contributed by atoms with van der Waals surface area (Å²) >= 11 is 0. The molecule has 0 spiro atoms. The highest BCUT2D eigenvalue weighted by atomic mass is 16.5. The fraction of sp³-hybridized carbons (Fsp3) is 0.125. The van der Waals surface area contributed by atoms with Crippen LogP contribution in [0.4, 0.5) is 11.4 Å². The molecule has 4 N–H and O–H groups in total. The lowest BCUT2D eigenvalue weighted by molar-refractivity contribution is -0.145. The van der Waals surface area contributed by atoms with Crippen molar-refractivity contribution in [3.05, 3.63) is 95.6 Å². The summed E-state index contributed by atoms with van der Waals surface area (Å²) in [6.45, 7) is 1.88. The number of nitrogen functional groups attached to an aromatic ring is 1. The monoisotopic (exact) mass is 417 g/mol. The van der Waals surface area contributed by atoms with Gasteiger partial charge in [0.15, 0.2) is 6.04 Å². The number of para-hydroxylation sites is 2. The standard InChI is InChI=1S/C24H23N3O4/c1-2-31-24(30)21(16-10-4-3-5-11-16)27-23(29)18-13-7-9-15-20(18)26-22(28)17-12-6-8-14-19(17)25/h3-15,21H,2,25H2,1H3,(H,26,28)(H,27,29). The first-order valence-electron chi connectivity index (χ1n) is 9.78. The number of carbonyl (C=O) groups is 3. The van der Waals surface area contributed by atoms with E-state index >= 15 is 0 Å². The van der Waals surface area contributed by atoms with Gasteiger partial charge >= 0.3 is 5.97 Å². The third-order valence-corrected chi connectivity index (χ3v) is 4.56. The van der Waals surface area contributed by atoms with Gasteiger partial charge < -0.3 is 21.1 Å². The maximum atomic E-state index is 13.0. The van der Waals surface area contributed by atoms with Crippen molar-refractivity contribution in [1.82, 2.24) is 5.32 Å². The number of nitrogens with one attached hydrogen (secondary N) is 2. The van der Waals surface area contributed by atoms with E-state index in [9.17, 15) is 14.4 Å². The van der Waals surface area contributed by atoms with Crippen LogP contribution in [0.25, 0.3) is 0 Å². The van der Waals surface area contributed by atoms with Crippen LogP contribution in [0.15, 0.2) is 78.9 Å². The zero-order valence-electron chi connectivity index (χ0n) is 17.0. The molecule has 0 fully saturated rings. The third kappa shape index (κ3) is 5.27. The van der Waals surface area contributed by atoms with E-state index in [1.165, 1.54) is 0 Å². The molecule has 0 aliphatic heterocycles. The molecule has 2 amide bonds. The van der Waals surface area contributed by atoms with Gasteiger partial charge in [-0.1, -0.05) is 54.6 Å². The number of benzene rings is 3. The molecule has 7 nitrogen and oxygen atoms in total. The van der Waals surface area contributed by atoms with Gasteiger partial charge in [0.1, 0.15) is 0 Å². The topological polar surface area (TPSA) is 111 Å². The van der Waals surface area contributed by atoms with Gasteiger partial charge in [0, 0.05) is 5.69 Å². The maximum Gasteiger partial charge on any atom is 0.333 e. The SMILES string of the molecule is CCOC(=O)C(NC(=O)c1ccccc1NC(=O)c1ccccc1N)c1ccccc1. The van der Waals surface area contributed by atoms with Gasteiger partial charge in [0.25, 0.3) is 11.8 Å². The summed E-state index contributed by atoms with van der Waals surface area (Å²) in [6, 6.07) is 21.0. The zero-order valence-corrected chi connectivity index (χ0v) is 17.0. The highest BCUT2D eigenvalue weighted by Gasteiger charge is 2.25. The second kappa shape index (κ2) is 10.1. The van der Waals surface area contributed by atoms with Crippen LogP contribution in [-0.4, -0.2) is 24.4 Å². The average Bonchev–Trinajstić information content (AvgIpc) is 2.78. The summed E-state index contributed by atoms with van der Waals surface area (Å²) in [6.07, 6.45) is 0. The first-order valence-corrected chi connectivity index (χ1v) is 9.78. The van der Waals surface area contributed by atoms with Gasteiger partial charge in [-0.25, -0.2) is 4.79 Å². The Balaban J connectivity index is 1.85. The van der Waals surface area contributed by atoms with Crippen molar-refractivity contribution in [3.8, 4) is 0 Å². The average molecular weight is 417 g/mol. The summed E-state index contributed by atoms with van der Waals surface area (Å²) in [4.78, 5) is 38.2. The highest BCUT2D eigenvalue weighted by molar-refractivity contribution is 6.11. The van der Waals surface area contributed by atoms with Crippen LogP contribution in [0.5, 0.6) is 0 Å². The minimum Gasteiger partial charge on any atom is -0.464 e. The Labute approximate surface area is 180 Å². The summed E-state index contributed by atoms with van der Waals surface area (Å²) in [5, 5.41) is 5.43. The molecule has 1 unspecified atom stereocenters. The second-order valence-electron chi connectivity index (χ2n) is 6.66. The van der Waals surface area contributed by atoms with Crippen LogP contribution < -0.4 is 16.4 Å². The molecule has 0 aromatic heterocycles. The lowest BCUT2D eigenvalue weighted by Crippen LogP contribution is -2.35. The predicted octanol–water partition coefficient (Wildman–Crippen LogP) is 3.56. The Bertz CT molecular complexity index is 1080. The largest absolute Gasteiger partial charge is 0.464 e. The first-order chi connectivity index (χ1) is 15.0. The molecule has 31 heavy (non-hydrogen) atoms. The molecule has 0 aliphatic rings. The van der Waals surface area contributed by atoms with Gasteiger partial charge in [0.05, 0.1) is 23.4 Å². The zero-order chi connectivity index (χ0) is 22.2. The molecule has 0 radical (unpaired) electrons. The maximum absolute atomic E-state index is 13.0.